The van der Waals surface area contributed by atoms with E-state index in [0.717, 1.165) is 36.9 Å². The van der Waals surface area contributed by atoms with Crippen LogP contribution in [0.4, 0.5) is 0 Å². The van der Waals surface area contributed by atoms with Crippen molar-refractivity contribution in [3.8, 4) is 11.5 Å². The van der Waals surface area contributed by atoms with Crippen LogP contribution in [-0.2, 0) is 17.8 Å². The highest BCUT2D eigenvalue weighted by Gasteiger charge is 2.48. The quantitative estimate of drug-likeness (QED) is 0.451. The molecule has 2 aliphatic rings. The number of nitrogens with one attached hydrogen (secondary N) is 1. The van der Waals surface area contributed by atoms with E-state index < -0.39 is 5.54 Å². The Hall–Kier alpha value is -2.93. The number of carbonyl (C=O) groups is 2. The van der Waals surface area contributed by atoms with Gasteiger partial charge in [0.15, 0.2) is 0 Å². The third-order valence-electron chi connectivity index (χ3n) is 7.49. The van der Waals surface area contributed by atoms with Crippen LogP contribution in [0.25, 0.3) is 11.5 Å². The first-order chi connectivity index (χ1) is 17.0. The summed E-state index contributed by atoms with van der Waals surface area (Å²) >= 11 is 1.71. The van der Waals surface area contributed by atoms with Crippen molar-refractivity contribution in [3.05, 3.63) is 66.1 Å². The molecule has 1 N–H and O–H groups in total. The number of amides is 2. The summed E-state index contributed by atoms with van der Waals surface area (Å²) in [4.78, 5) is 30.6. The molecule has 0 unspecified atom stereocenters. The third kappa shape index (κ3) is 4.66. The number of carbonyl (C=O) groups excluding carboxylic acids is 2. The molecule has 1 fully saturated rings. The third-order valence-corrected chi connectivity index (χ3v) is 8.24. The molecule has 2 aromatic heterocycles. The van der Waals surface area contributed by atoms with Gasteiger partial charge in [-0.1, -0.05) is 31.4 Å². The van der Waals surface area contributed by atoms with Crippen molar-refractivity contribution in [2.24, 2.45) is 0 Å². The molecular weight excluding hydrogens is 458 g/mol. The summed E-state index contributed by atoms with van der Waals surface area (Å²) in [6.45, 7) is 2.78. The second kappa shape index (κ2) is 9.97. The van der Waals surface area contributed by atoms with Gasteiger partial charge in [0.25, 0.3) is 5.91 Å². The Morgan fingerprint density at radius 2 is 1.83 bits per heavy atom. The second-order valence-corrected chi connectivity index (χ2v) is 10.7. The number of furan rings is 1. The van der Waals surface area contributed by atoms with E-state index >= 15 is 0 Å². The Morgan fingerprint density at radius 1 is 1.09 bits per heavy atom. The van der Waals surface area contributed by atoms with Crippen molar-refractivity contribution >= 4 is 23.6 Å². The average Bonchev–Trinajstić information content (AvgIpc) is 3.55. The highest BCUT2D eigenvalue weighted by Crippen LogP contribution is 2.34. The molecule has 5 rings (SSSR count). The highest BCUT2D eigenvalue weighted by atomic mass is 32.2. The molecule has 0 radical (unpaired) electrons. The molecular formula is C28H33N3O3S. The first-order valence-corrected chi connectivity index (χ1v) is 13.7. The Morgan fingerprint density at radius 3 is 2.51 bits per heavy atom. The largest absolute Gasteiger partial charge is 0.463 e. The van der Waals surface area contributed by atoms with Gasteiger partial charge in [0.1, 0.15) is 17.0 Å². The Balaban J connectivity index is 1.45. The van der Waals surface area contributed by atoms with Crippen LogP contribution in [0.3, 0.4) is 0 Å². The normalized spacial score (nSPS) is 20.6. The van der Waals surface area contributed by atoms with Crippen LogP contribution in [0, 0.1) is 0 Å². The zero-order valence-electron chi connectivity index (χ0n) is 20.5. The molecule has 1 aliphatic carbocycles. The molecule has 1 aliphatic heterocycles. The van der Waals surface area contributed by atoms with Crippen molar-refractivity contribution in [1.82, 2.24) is 14.8 Å². The summed E-state index contributed by atoms with van der Waals surface area (Å²) < 4.78 is 7.58. The molecule has 2 amide bonds. The molecule has 3 heterocycles. The number of benzene rings is 1. The van der Waals surface area contributed by atoms with E-state index in [4.69, 9.17) is 4.42 Å². The van der Waals surface area contributed by atoms with Gasteiger partial charge >= 0.3 is 0 Å². The Labute approximate surface area is 211 Å². The molecule has 1 atom stereocenters. The molecule has 0 bridgehead atoms. The maximum Gasteiger partial charge on any atom is 0.271 e. The lowest BCUT2D eigenvalue weighted by atomic mass is 9.91. The molecule has 7 heteroatoms. The van der Waals surface area contributed by atoms with E-state index in [0.29, 0.717) is 31.0 Å². The fourth-order valence-corrected chi connectivity index (χ4v) is 5.79. The number of thioether (sulfide) groups is 1. The first-order valence-electron chi connectivity index (χ1n) is 12.5. The second-order valence-electron chi connectivity index (χ2n) is 9.80. The predicted octanol–water partition coefficient (Wildman–Crippen LogP) is 5.38. The van der Waals surface area contributed by atoms with Crippen LogP contribution in [0.2, 0.25) is 0 Å². The monoisotopic (exact) mass is 491 g/mol. The summed E-state index contributed by atoms with van der Waals surface area (Å²) in [5.41, 5.74) is 1.57. The SMILES string of the molecule is CSc1ccc(CCN2C(=O)c3ccc(-c4ccco4)n3C[C@]2(C)C(=O)NC2CCCCC2)cc1. The number of aromatic nitrogens is 1. The summed E-state index contributed by atoms with van der Waals surface area (Å²) in [6, 6.07) is 16.1. The maximum atomic E-state index is 13.8. The molecule has 184 valence electrons. The number of rotatable bonds is 7. The number of fused-ring (bicyclic) bond motifs is 1. The highest BCUT2D eigenvalue weighted by molar-refractivity contribution is 7.98. The van der Waals surface area contributed by atoms with E-state index in [1.54, 1.807) is 22.9 Å². The first kappa shape index (κ1) is 23.8. The van der Waals surface area contributed by atoms with E-state index in [-0.39, 0.29) is 17.9 Å². The summed E-state index contributed by atoms with van der Waals surface area (Å²) in [7, 11) is 0. The Kier molecular flexibility index (Phi) is 6.78. The maximum absolute atomic E-state index is 13.8. The van der Waals surface area contributed by atoms with Gasteiger partial charge in [-0.05, 0) is 74.4 Å². The number of nitrogens with zero attached hydrogens (tertiary/aromatic N) is 2. The molecule has 6 nitrogen and oxygen atoms in total. The lowest BCUT2D eigenvalue weighted by Gasteiger charge is -2.45. The molecule has 0 spiro atoms. The standard InChI is InChI=1S/C28H33N3O3S/c1-28(27(33)29-21-7-4-3-5-8-21)19-30-23(25-9-6-18-34-25)14-15-24(30)26(32)31(28)17-16-20-10-12-22(35-2)13-11-20/h6,9-15,18,21H,3-5,7-8,16-17,19H2,1-2H3,(H,29,33)/t28-/m1/s1. The van der Waals surface area contributed by atoms with Gasteiger partial charge < -0.3 is 19.2 Å². The lowest BCUT2D eigenvalue weighted by molar-refractivity contribution is -0.133. The van der Waals surface area contributed by atoms with E-state index in [1.807, 2.05) is 35.8 Å². The fourth-order valence-electron chi connectivity index (χ4n) is 5.38. The minimum Gasteiger partial charge on any atom is -0.463 e. The van der Waals surface area contributed by atoms with Gasteiger partial charge in [-0.3, -0.25) is 9.59 Å². The topological polar surface area (TPSA) is 67.5 Å². The van der Waals surface area contributed by atoms with Gasteiger partial charge in [0.05, 0.1) is 18.5 Å². The zero-order valence-corrected chi connectivity index (χ0v) is 21.3. The van der Waals surface area contributed by atoms with Crippen LogP contribution in [0.1, 0.15) is 55.1 Å². The molecule has 3 aromatic rings. The van der Waals surface area contributed by atoms with Gasteiger partial charge in [-0.2, -0.15) is 0 Å². The predicted molar refractivity (Wildman–Crippen MR) is 139 cm³/mol. The zero-order chi connectivity index (χ0) is 24.4. The molecule has 1 saturated carbocycles. The van der Waals surface area contributed by atoms with Gasteiger partial charge in [-0.25, -0.2) is 0 Å². The van der Waals surface area contributed by atoms with Crippen molar-refractivity contribution in [2.75, 3.05) is 12.8 Å². The smallest absolute Gasteiger partial charge is 0.271 e. The summed E-state index contributed by atoms with van der Waals surface area (Å²) in [5, 5.41) is 3.30. The molecule has 1 aromatic carbocycles. The van der Waals surface area contributed by atoms with Gasteiger partial charge in [0, 0.05) is 17.5 Å². The molecule has 0 saturated heterocycles. The van der Waals surface area contributed by atoms with E-state index in [9.17, 15) is 9.59 Å². The fraction of sp³-hybridized carbons (Fsp3) is 0.429. The van der Waals surface area contributed by atoms with E-state index in [2.05, 4.69) is 35.8 Å². The average molecular weight is 492 g/mol. The van der Waals surface area contributed by atoms with Crippen LogP contribution in [0.5, 0.6) is 0 Å². The lowest BCUT2D eigenvalue weighted by Crippen LogP contribution is -2.65. The number of hydrogen-bond donors (Lipinski definition) is 1. The minimum absolute atomic E-state index is 0.0692. The summed E-state index contributed by atoms with van der Waals surface area (Å²) in [6.07, 6.45) is 9.89. The minimum atomic E-state index is -0.999. The van der Waals surface area contributed by atoms with Crippen LogP contribution >= 0.6 is 11.8 Å². The van der Waals surface area contributed by atoms with Crippen molar-refractivity contribution in [2.45, 2.75) is 68.5 Å². The van der Waals surface area contributed by atoms with Gasteiger partial charge in [0.2, 0.25) is 5.91 Å². The molecule has 35 heavy (non-hydrogen) atoms. The van der Waals surface area contributed by atoms with Crippen molar-refractivity contribution < 1.29 is 14.0 Å². The van der Waals surface area contributed by atoms with Crippen molar-refractivity contribution in [3.63, 3.8) is 0 Å². The number of hydrogen-bond acceptors (Lipinski definition) is 4. The van der Waals surface area contributed by atoms with Gasteiger partial charge in [-0.15, -0.1) is 11.8 Å². The van der Waals surface area contributed by atoms with Crippen LogP contribution < -0.4 is 5.32 Å². The Bertz CT molecular complexity index is 1180. The van der Waals surface area contributed by atoms with Crippen LogP contribution in [-0.4, -0.2) is 45.7 Å². The summed E-state index contributed by atoms with van der Waals surface area (Å²) in [5.74, 6) is 0.512. The van der Waals surface area contributed by atoms with Crippen molar-refractivity contribution in [1.29, 1.82) is 0 Å². The van der Waals surface area contributed by atoms with Crippen LogP contribution in [0.15, 0.2) is 64.1 Å². The van der Waals surface area contributed by atoms with E-state index in [1.165, 1.54) is 11.3 Å².